The van der Waals surface area contributed by atoms with E-state index >= 15 is 0 Å². The minimum atomic E-state index is -0.655. The molecule has 20 heavy (non-hydrogen) atoms. The molecule has 4 nitrogen and oxygen atoms in total. The average Bonchev–Trinajstić information content (AvgIpc) is 2.96. The maximum Gasteiger partial charge on any atom is 0.308 e. The highest BCUT2D eigenvalue weighted by Gasteiger charge is 2.48. The molecular formula is C15H18ClNO3. The van der Waals surface area contributed by atoms with Crippen molar-refractivity contribution in [1.82, 2.24) is 4.90 Å². The number of nitrogens with zero attached hydrogens (tertiary/aromatic N) is 1. The van der Waals surface area contributed by atoms with Crippen LogP contribution in [0.15, 0.2) is 24.3 Å². The molecule has 0 amide bonds. The second kappa shape index (κ2) is 5.62. The fourth-order valence-electron chi connectivity index (χ4n) is 3.54. The number of hydrogen-bond acceptors (Lipinski definition) is 3. The monoisotopic (exact) mass is 295 g/mol. The molecule has 108 valence electrons. The number of carboxylic acid groups (broad SMARTS) is 1. The van der Waals surface area contributed by atoms with Crippen molar-refractivity contribution >= 4 is 17.6 Å². The van der Waals surface area contributed by atoms with Gasteiger partial charge in [0, 0.05) is 23.7 Å². The quantitative estimate of drug-likeness (QED) is 0.907. The maximum absolute atomic E-state index is 11.2. The summed E-state index contributed by atoms with van der Waals surface area (Å²) in [6.45, 7) is 1.35. The zero-order valence-corrected chi connectivity index (χ0v) is 11.9. The molecule has 2 saturated heterocycles. The molecule has 1 aromatic carbocycles. The van der Waals surface area contributed by atoms with Gasteiger partial charge in [-0.05, 0) is 37.5 Å². The van der Waals surface area contributed by atoms with Crippen LogP contribution >= 0.6 is 11.6 Å². The first kappa shape index (κ1) is 13.7. The molecule has 1 aromatic rings. The minimum Gasteiger partial charge on any atom is -0.492 e. The highest BCUT2D eigenvalue weighted by Crippen LogP contribution is 2.41. The Morgan fingerprint density at radius 2 is 2.30 bits per heavy atom. The van der Waals surface area contributed by atoms with Gasteiger partial charge in [-0.25, -0.2) is 0 Å². The van der Waals surface area contributed by atoms with E-state index in [1.807, 2.05) is 18.2 Å². The molecule has 1 N–H and O–H groups in total. The molecule has 2 aliphatic rings. The van der Waals surface area contributed by atoms with Gasteiger partial charge in [-0.3, -0.25) is 9.69 Å². The van der Waals surface area contributed by atoms with E-state index in [9.17, 15) is 9.90 Å². The molecule has 3 atom stereocenters. The lowest BCUT2D eigenvalue weighted by Gasteiger charge is -2.22. The van der Waals surface area contributed by atoms with E-state index < -0.39 is 5.97 Å². The molecule has 5 heteroatoms. The first-order chi connectivity index (χ1) is 9.65. The van der Waals surface area contributed by atoms with E-state index in [1.54, 1.807) is 6.07 Å². The molecule has 2 bridgehead atoms. The lowest BCUT2D eigenvalue weighted by molar-refractivity contribution is -0.142. The summed E-state index contributed by atoms with van der Waals surface area (Å²) in [4.78, 5) is 13.5. The molecule has 2 heterocycles. The molecule has 0 aromatic heterocycles. The van der Waals surface area contributed by atoms with Gasteiger partial charge in [-0.2, -0.15) is 0 Å². The lowest BCUT2D eigenvalue weighted by atomic mass is 9.89. The second-order valence-electron chi connectivity index (χ2n) is 5.52. The SMILES string of the molecule is O=C(O)C1CC2CCC1N2CCOc1cccc(Cl)c1. The topological polar surface area (TPSA) is 49.8 Å². The van der Waals surface area contributed by atoms with E-state index in [0.29, 0.717) is 17.7 Å². The van der Waals surface area contributed by atoms with Crippen molar-refractivity contribution in [2.24, 2.45) is 5.92 Å². The zero-order chi connectivity index (χ0) is 14.1. The van der Waals surface area contributed by atoms with Crippen LogP contribution in [0.4, 0.5) is 0 Å². The maximum atomic E-state index is 11.2. The Kier molecular flexibility index (Phi) is 3.85. The van der Waals surface area contributed by atoms with Crippen LogP contribution < -0.4 is 4.74 Å². The summed E-state index contributed by atoms with van der Waals surface area (Å²) in [7, 11) is 0. The highest BCUT2D eigenvalue weighted by atomic mass is 35.5. The summed E-state index contributed by atoms with van der Waals surface area (Å²) >= 11 is 5.91. The molecule has 3 unspecified atom stereocenters. The van der Waals surface area contributed by atoms with Crippen molar-refractivity contribution < 1.29 is 14.6 Å². The molecule has 0 aliphatic carbocycles. The Balaban J connectivity index is 1.53. The number of carbonyl (C=O) groups is 1. The minimum absolute atomic E-state index is 0.195. The molecule has 2 aliphatic heterocycles. The van der Waals surface area contributed by atoms with Crippen LogP contribution in [0.1, 0.15) is 19.3 Å². The Morgan fingerprint density at radius 3 is 3.00 bits per heavy atom. The van der Waals surface area contributed by atoms with Crippen LogP contribution in [-0.2, 0) is 4.79 Å². The average molecular weight is 296 g/mol. The summed E-state index contributed by atoms with van der Waals surface area (Å²) < 4.78 is 5.70. The van der Waals surface area contributed by atoms with Gasteiger partial charge in [0.15, 0.2) is 0 Å². The number of aliphatic carboxylic acids is 1. The van der Waals surface area contributed by atoms with Gasteiger partial charge >= 0.3 is 5.97 Å². The number of ether oxygens (including phenoxy) is 1. The van der Waals surface area contributed by atoms with Crippen molar-refractivity contribution in [2.75, 3.05) is 13.2 Å². The summed E-state index contributed by atoms with van der Waals surface area (Å²) in [5, 5.41) is 9.88. The zero-order valence-electron chi connectivity index (χ0n) is 11.2. The molecular weight excluding hydrogens is 278 g/mol. The van der Waals surface area contributed by atoms with E-state index in [2.05, 4.69) is 4.90 Å². The Morgan fingerprint density at radius 1 is 1.45 bits per heavy atom. The summed E-state index contributed by atoms with van der Waals surface area (Å²) in [5.74, 6) is -0.0864. The third kappa shape index (κ3) is 2.63. The predicted octanol–water partition coefficient (Wildman–Crippen LogP) is 2.66. The van der Waals surface area contributed by atoms with Gasteiger partial charge in [0.25, 0.3) is 0 Å². The number of benzene rings is 1. The van der Waals surface area contributed by atoms with E-state index in [0.717, 1.165) is 31.6 Å². The number of hydrogen-bond donors (Lipinski definition) is 1. The molecule has 2 fully saturated rings. The highest BCUT2D eigenvalue weighted by molar-refractivity contribution is 6.30. The van der Waals surface area contributed by atoms with Crippen molar-refractivity contribution in [3.8, 4) is 5.75 Å². The van der Waals surface area contributed by atoms with E-state index in [1.165, 1.54) is 0 Å². The van der Waals surface area contributed by atoms with Crippen LogP contribution in [-0.4, -0.2) is 41.2 Å². The fourth-order valence-corrected chi connectivity index (χ4v) is 3.72. The first-order valence-electron chi connectivity index (χ1n) is 7.02. The van der Waals surface area contributed by atoms with E-state index in [4.69, 9.17) is 16.3 Å². The van der Waals surface area contributed by atoms with Crippen LogP contribution in [0.25, 0.3) is 0 Å². The van der Waals surface area contributed by atoms with Gasteiger partial charge < -0.3 is 9.84 Å². The third-order valence-corrected chi connectivity index (χ3v) is 4.65. The molecule has 0 saturated carbocycles. The van der Waals surface area contributed by atoms with Crippen LogP contribution in [0.2, 0.25) is 5.02 Å². The largest absolute Gasteiger partial charge is 0.492 e. The van der Waals surface area contributed by atoms with Gasteiger partial charge in [-0.1, -0.05) is 17.7 Å². The first-order valence-corrected chi connectivity index (χ1v) is 7.40. The van der Waals surface area contributed by atoms with Crippen molar-refractivity contribution in [2.45, 2.75) is 31.3 Å². The summed E-state index contributed by atoms with van der Waals surface area (Å²) in [6.07, 6.45) is 2.90. The number of rotatable bonds is 5. The standard InChI is InChI=1S/C15H18ClNO3/c16-10-2-1-3-12(8-10)20-7-6-17-11-4-5-14(17)13(9-11)15(18)19/h1-3,8,11,13-14H,4-7,9H2,(H,18,19). The van der Waals surface area contributed by atoms with Crippen LogP contribution in [0.5, 0.6) is 5.75 Å². The fraction of sp³-hybridized carbons (Fsp3) is 0.533. The van der Waals surface area contributed by atoms with Crippen LogP contribution in [0, 0.1) is 5.92 Å². The van der Waals surface area contributed by atoms with Gasteiger partial charge in [0.1, 0.15) is 12.4 Å². The number of fused-ring (bicyclic) bond motifs is 2. The summed E-state index contributed by atoms with van der Waals surface area (Å²) in [5.41, 5.74) is 0. The van der Waals surface area contributed by atoms with Crippen LogP contribution in [0.3, 0.4) is 0 Å². The predicted molar refractivity (Wildman–Crippen MR) is 76.2 cm³/mol. The lowest BCUT2D eigenvalue weighted by Crippen LogP contribution is -2.35. The molecule has 0 spiro atoms. The van der Waals surface area contributed by atoms with Crippen molar-refractivity contribution in [3.05, 3.63) is 29.3 Å². The normalized spacial score (nSPS) is 28.8. The molecule has 3 rings (SSSR count). The Hall–Kier alpha value is -1.26. The Bertz CT molecular complexity index is 508. The number of carboxylic acids is 1. The summed E-state index contributed by atoms with van der Waals surface area (Å²) in [6, 6.07) is 7.96. The van der Waals surface area contributed by atoms with E-state index in [-0.39, 0.29) is 12.0 Å². The van der Waals surface area contributed by atoms with Gasteiger partial charge in [0.05, 0.1) is 5.92 Å². The van der Waals surface area contributed by atoms with Gasteiger partial charge in [-0.15, -0.1) is 0 Å². The second-order valence-corrected chi connectivity index (χ2v) is 5.96. The number of halogens is 1. The van der Waals surface area contributed by atoms with Crippen molar-refractivity contribution in [1.29, 1.82) is 0 Å². The smallest absolute Gasteiger partial charge is 0.308 e. The van der Waals surface area contributed by atoms with Crippen molar-refractivity contribution in [3.63, 3.8) is 0 Å². The Labute approximate surface area is 123 Å². The third-order valence-electron chi connectivity index (χ3n) is 4.41. The molecule has 0 radical (unpaired) electrons. The van der Waals surface area contributed by atoms with Gasteiger partial charge in [0.2, 0.25) is 0 Å².